The van der Waals surface area contributed by atoms with Crippen molar-refractivity contribution in [3.05, 3.63) is 46.6 Å². The largest absolute Gasteiger partial charge is 0.497 e. The fourth-order valence-corrected chi connectivity index (χ4v) is 1.89. The highest BCUT2D eigenvalue weighted by molar-refractivity contribution is 6.33. The van der Waals surface area contributed by atoms with Crippen molar-refractivity contribution in [2.45, 2.75) is 6.92 Å². The normalized spacial score (nSPS) is 10.2. The lowest BCUT2D eigenvalue weighted by molar-refractivity contribution is 0.0696. The average molecular weight is 293 g/mol. The van der Waals surface area contributed by atoms with Crippen LogP contribution in [0.25, 0.3) is 0 Å². The van der Waals surface area contributed by atoms with E-state index < -0.39 is 5.97 Å². The fraction of sp³-hybridized carbons (Fsp3) is 0.143. The van der Waals surface area contributed by atoms with Crippen LogP contribution in [0.4, 0.5) is 11.5 Å². The molecular formula is C14H13ClN2O3. The molecular weight excluding hydrogens is 280 g/mol. The summed E-state index contributed by atoms with van der Waals surface area (Å²) < 4.78 is 5.12. The Morgan fingerprint density at radius 1 is 1.35 bits per heavy atom. The molecule has 0 saturated carbocycles. The average Bonchev–Trinajstić information content (AvgIpc) is 2.40. The zero-order valence-corrected chi connectivity index (χ0v) is 11.7. The van der Waals surface area contributed by atoms with E-state index in [1.165, 1.54) is 12.1 Å². The molecule has 6 heteroatoms. The van der Waals surface area contributed by atoms with Crippen molar-refractivity contribution in [3.63, 3.8) is 0 Å². The van der Waals surface area contributed by atoms with E-state index in [0.717, 1.165) is 0 Å². The number of nitrogens with zero attached hydrogens (tertiary/aromatic N) is 1. The molecule has 0 unspecified atom stereocenters. The highest BCUT2D eigenvalue weighted by Gasteiger charge is 2.09. The van der Waals surface area contributed by atoms with Crippen molar-refractivity contribution in [1.82, 2.24) is 4.98 Å². The molecule has 0 bridgehead atoms. The summed E-state index contributed by atoms with van der Waals surface area (Å²) in [5, 5.41) is 12.5. The van der Waals surface area contributed by atoms with E-state index in [-0.39, 0.29) is 5.56 Å². The zero-order chi connectivity index (χ0) is 14.7. The number of hydrogen-bond acceptors (Lipinski definition) is 4. The van der Waals surface area contributed by atoms with Crippen molar-refractivity contribution in [2.75, 3.05) is 12.4 Å². The number of carbonyl (C=O) groups is 1. The van der Waals surface area contributed by atoms with E-state index in [4.69, 9.17) is 21.4 Å². The van der Waals surface area contributed by atoms with E-state index in [0.29, 0.717) is 28.0 Å². The third kappa shape index (κ3) is 3.19. The van der Waals surface area contributed by atoms with Gasteiger partial charge in [0.05, 0.1) is 23.4 Å². The molecule has 0 spiro atoms. The molecule has 0 aliphatic rings. The number of carboxylic acid groups (broad SMARTS) is 1. The molecule has 0 amide bonds. The Balaban J connectivity index is 2.36. The molecule has 2 N–H and O–H groups in total. The summed E-state index contributed by atoms with van der Waals surface area (Å²) >= 11 is 6.08. The summed E-state index contributed by atoms with van der Waals surface area (Å²) in [5.74, 6) is 0.0517. The summed E-state index contributed by atoms with van der Waals surface area (Å²) in [6.45, 7) is 1.73. The van der Waals surface area contributed by atoms with Crippen LogP contribution in [0.5, 0.6) is 5.75 Å². The maximum Gasteiger partial charge on any atom is 0.335 e. The fourth-order valence-electron chi connectivity index (χ4n) is 1.72. The van der Waals surface area contributed by atoms with Gasteiger partial charge in [-0.1, -0.05) is 11.6 Å². The van der Waals surface area contributed by atoms with E-state index in [9.17, 15) is 4.79 Å². The molecule has 2 rings (SSSR count). The second kappa shape index (κ2) is 5.79. The lowest BCUT2D eigenvalue weighted by Gasteiger charge is -2.10. The van der Waals surface area contributed by atoms with Crippen LogP contribution in [0.1, 0.15) is 16.1 Å². The van der Waals surface area contributed by atoms with Crippen LogP contribution in [-0.4, -0.2) is 23.2 Å². The van der Waals surface area contributed by atoms with Crippen molar-refractivity contribution in [3.8, 4) is 5.75 Å². The SMILES string of the molecule is COc1ccc(Cl)c(Nc2cc(C(=O)O)cc(C)n2)c1. The van der Waals surface area contributed by atoms with E-state index >= 15 is 0 Å². The minimum atomic E-state index is -1.00. The number of methoxy groups -OCH3 is 1. The maximum absolute atomic E-state index is 11.0. The molecule has 1 aromatic carbocycles. The van der Waals surface area contributed by atoms with Crippen LogP contribution < -0.4 is 10.1 Å². The monoisotopic (exact) mass is 292 g/mol. The van der Waals surface area contributed by atoms with Crippen LogP contribution in [0.2, 0.25) is 5.02 Å². The number of anilines is 2. The first-order valence-electron chi connectivity index (χ1n) is 5.82. The second-order valence-corrected chi connectivity index (χ2v) is 4.57. The van der Waals surface area contributed by atoms with Gasteiger partial charge in [-0.3, -0.25) is 0 Å². The first kappa shape index (κ1) is 14.1. The molecule has 0 saturated heterocycles. The van der Waals surface area contributed by atoms with Gasteiger partial charge in [0.25, 0.3) is 0 Å². The predicted molar refractivity (Wildman–Crippen MR) is 77.2 cm³/mol. The Hall–Kier alpha value is -2.27. The van der Waals surface area contributed by atoms with Crippen LogP contribution in [0.15, 0.2) is 30.3 Å². The van der Waals surface area contributed by atoms with Crippen molar-refractivity contribution in [2.24, 2.45) is 0 Å². The second-order valence-electron chi connectivity index (χ2n) is 4.16. The van der Waals surface area contributed by atoms with Crippen LogP contribution in [-0.2, 0) is 0 Å². The van der Waals surface area contributed by atoms with Gasteiger partial charge >= 0.3 is 5.97 Å². The summed E-state index contributed by atoms with van der Waals surface area (Å²) in [4.78, 5) is 15.3. The van der Waals surface area contributed by atoms with Gasteiger partial charge in [-0.05, 0) is 31.2 Å². The van der Waals surface area contributed by atoms with Gasteiger partial charge in [-0.15, -0.1) is 0 Å². The van der Waals surface area contributed by atoms with Gasteiger partial charge in [0.2, 0.25) is 0 Å². The summed E-state index contributed by atoms with van der Waals surface area (Å²) in [6.07, 6.45) is 0. The summed E-state index contributed by atoms with van der Waals surface area (Å²) in [5.41, 5.74) is 1.37. The molecule has 2 aromatic rings. The number of pyridine rings is 1. The van der Waals surface area contributed by atoms with E-state index in [2.05, 4.69) is 10.3 Å². The molecule has 0 fully saturated rings. The number of carboxylic acids is 1. The van der Waals surface area contributed by atoms with Crippen molar-refractivity contribution in [1.29, 1.82) is 0 Å². The number of ether oxygens (including phenoxy) is 1. The smallest absolute Gasteiger partial charge is 0.335 e. The van der Waals surface area contributed by atoms with Crippen LogP contribution in [0, 0.1) is 6.92 Å². The Morgan fingerprint density at radius 2 is 2.10 bits per heavy atom. The number of halogens is 1. The van der Waals surface area contributed by atoms with Gasteiger partial charge in [0.15, 0.2) is 0 Å². The van der Waals surface area contributed by atoms with Gasteiger partial charge in [-0.2, -0.15) is 0 Å². The lowest BCUT2D eigenvalue weighted by Crippen LogP contribution is -2.02. The minimum absolute atomic E-state index is 0.166. The number of aromatic carboxylic acids is 1. The lowest BCUT2D eigenvalue weighted by atomic mass is 10.2. The number of benzene rings is 1. The van der Waals surface area contributed by atoms with Crippen molar-refractivity contribution < 1.29 is 14.6 Å². The minimum Gasteiger partial charge on any atom is -0.497 e. The number of aryl methyl sites for hydroxylation is 1. The van der Waals surface area contributed by atoms with Gasteiger partial charge < -0.3 is 15.2 Å². The zero-order valence-electron chi connectivity index (χ0n) is 11.0. The van der Waals surface area contributed by atoms with Gasteiger partial charge in [0.1, 0.15) is 11.6 Å². The summed E-state index contributed by atoms with van der Waals surface area (Å²) in [7, 11) is 1.56. The maximum atomic E-state index is 11.0. The first-order valence-corrected chi connectivity index (χ1v) is 6.20. The van der Waals surface area contributed by atoms with Crippen LogP contribution in [0.3, 0.4) is 0 Å². The molecule has 0 radical (unpaired) electrons. The Kier molecular flexibility index (Phi) is 4.10. The molecule has 20 heavy (non-hydrogen) atoms. The molecule has 0 aliphatic carbocycles. The molecule has 104 valence electrons. The van der Waals surface area contributed by atoms with Gasteiger partial charge in [-0.25, -0.2) is 9.78 Å². The molecule has 5 nitrogen and oxygen atoms in total. The number of rotatable bonds is 4. The predicted octanol–water partition coefficient (Wildman–Crippen LogP) is 3.49. The quantitative estimate of drug-likeness (QED) is 0.902. The number of nitrogens with one attached hydrogen (secondary N) is 1. The Bertz CT molecular complexity index is 659. The molecule has 1 aromatic heterocycles. The molecule has 1 heterocycles. The topological polar surface area (TPSA) is 71.5 Å². The van der Waals surface area contributed by atoms with E-state index in [1.54, 1.807) is 32.2 Å². The summed E-state index contributed by atoms with van der Waals surface area (Å²) in [6, 6.07) is 8.09. The third-order valence-corrected chi connectivity index (χ3v) is 2.97. The highest BCUT2D eigenvalue weighted by atomic mass is 35.5. The third-order valence-electron chi connectivity index (χ3n) is 2.64. The van der Waals surface area contributed by atoms with Crippen LogP contribution >= 0.6 is 11.6 Å². The van der Waals surface area contributed by atoms with E-state index in [1.807, 2.05) is 0 Å². The first-order chi connectivity index (χ1) is 9.49. The number of hydrogen-bond donors (Lipinski definition) is 2. The van der Waals surface area contributed by atoms with Crippen molar-refractivity contribution >= 4 is 29.1 Å². The Labute approximate surface area is 121 Å². The Morgan fingerprint density at radius 3 is 2.75 bits per heavy atom. The standard InChI is InChI=1S/C14H13ClN2O3/c1-8-5-9(14(18)19)6-13(16-8)17-12-7-10(20-2)3-4-11(12)15/h3-7H,1-2H3,(H,16,17)(H,18,19). The highest BCUT2D eigenvalue weighted by Crippen LogP contribution is 2.29. The number of aromatic nitrogens is 1. The van der Waals surface area contributed by atoms with Gasteiger partial charge in [0, 0.05) is 11.8 Å². The molecule has 0 aliphatic heterocycles. The molecule has 0 atom stereocenters.